The first-order valence-corrected chi connectivity index (χ1v) is 16.2. The minimum atomic E-state index is -0.785. The number of ether oxygens (including phenoxy) is 1. The number of hydrogen-bond donors (Lipinski definition) is 2. The number of carbonyl (C=O) groups excluding carboxylic acids is 3. The average molecular weight is 637 g/mol. The van der Waals surface area contributed by atoms with Crippen LogP contribution < -0.4 is 10.2 Å². The van der Waals surface area contributed by atoms with Crippen LogP contribution in [0.1, 0.15) is 56.9 Å². The van der Waals surface area contributed by atoms with E-state index in [0.29, 0.717) is 68.6 Å². The average Bonchev–Trinajstić information content (AvgIpc) is 3.50. The van der Waals surface area contributed by atoms with E-state index in [2.05, 4.69) is 15.2 Å². The monoisotopic (exact) mass is 636 g/mol. The minimum absolute atomic E-state index is 0.171. The highest BCUT2D eigenvalue weighted by atomic mass is 16.8. The van der Waals surface area contributed by atoms with E-state index in [-0.39, 0.29) is 23.9 Å². The van der Waals surface area contributed by atoms with E-state index >= 15 is 0 Å². The Balaban J connectivity index is 1.24. The van der Waals surface area contributed by atoms with Crippen molar-refractivity contribution >= 4 is 29.8 Å². The Kier molecular flexibility index (Phi) is 10.7. The number of nitrogens with one attached hydrogen (secondary N) is 1. The van der Waals surface area contributed by atoms with Crippen LogP contribution in [0.15, 0.2) is 36.4 Å². The van der Waals surface area contributed by atoms with Crippen molar-refractivity contribution in [3.63, 3.8) is 0 Å². The van der Waals surface area contributed by atoms with Crippen LogP contribution in [-0.4, -0.2) is 101 Å². The fourth-order valence-corrected chi connectivity index (χ4v) is 6.34. The predicted molar refractivity (Wildman–Crippen MR) is 169 cm³/mol. The first-order chi connectivity index (χ1) is 22.1. The number of amides is 2. The third-order valence-corrected chi connectivity index (χ3v) is 9.06. The van der Waals surface area contributed by atoms with Gasteiger partial charge in [0.25, 0.3) is 5.91 Å². The van der Waals surface area contributed by atoms with Gasteiger partial charge in [-0.2, -0.15) is 0 Å². The number of benzene rings is 1. The van der Waals surface area contributed by atoms with Crippen molar-refractivity contribution < 1.29 is 33.9 Å². The smallest absolute Gasteiger partial charge is 0.481 e. The highest BCUT2D eigenvalue weighted by Crippen LogP contribution is 2.54. The van der Waals surface area contributed by atoms with E-state index in [0.717, 1.165) is 31.5 Å². The van der Waals surface area contributed by atoms with Gasteiger partial charge in [0.2, 0.25) is 5.91 Å². The van der Waals surface area contributed by atoms with Crippen LogP contribution in [0.4, 0.5) is 10.6 Å². The topological polar surface area (TPSA) is 154 Å². The van der Waals surface area contributed by atoms with Gasteiger partial charge in [-0.05, 0) is 36.5 Å². The van der Waals surface area contributed by atoms with E-state index in [9.17, 15) is 19.2 Å². The molecule has 46 heavy (non-hydrogen) atoms. The zero-order chi connectivity index (χ0) is 32.8. The normalized spacial score (nSPS) is 21.4. The van der Waals surface area contributed by atoms with Crippen LogP contribution in [0.5, 0.6) is 0 Å². The van der Waals surface area contributed by atoms with E-state index in [1.807, 2.05) is 51.1 Å². The number of unbranched alkanes of at least 4 members (excludes halogenated alkanes) is 1. The fraction of sp³-hybridized carbons (Fsp3) is 0.576. The van der Waals surface area contributed by atoms with Gasteiger partial charge in [0.05, 0.1) is 19.7 Å². The van der Waals surface area contributed by atoms with E-state index in [1.165, 1.54) is 5.06 Å². The van der Waals surface area contributed by atoms with Crippen LogP contribution in [0.3, 0.4) is 0 Å². The summed E-state index contributed by atoms with van der Waals surface area (Å²) in [6.07, 6.45) is 1.79. The largest absolute Gasteiger partial charge is 0.527 e. The van der Waals surface area contributed by atoms with Crippen molar-refractivity contribution in [3.8, 4) is 11.4 Å². The molecule has 3 fully saturated rings. The molecule has 2 saturated heterocycles. The summed E-state index contributed by atoms with van der Waals surface area (Å²) in [4.78, 5) is 68.8. The molecule has 5 rings (SSSR count). The summed E-state index contributed by atoms with van der Waals surface area (Å²) < 4.78 is 5.06. The first kappa shape index (κ1) is 33.1. The quantitative estimate of drug-likeness (QED) is 0.245. The molecular formula is C33H44N6O7. The molecule has 13 nitrogen and oxygen atoms in total. The Hall–Kier alpha value is -4.26. The van der Waals surface area contributed by atoms with Crippen LogP contribution in [0.25, 0.3) is 11.4 Å². The number of hydrogen-bond acceptors (Lipinski definition) is 10. The predicted octanol–water partition coefficient (Wildman–Crippen LogP) is 3.46. The molecular weight excluding hydrogens is 592 g/mol. The minimum Gasteiger partial charge on any atom is -0.481 e. The van der Waals surface area contributed by atoms with Crippen molar-refractivity contribution in [2.45, 2.75) is 52.5 Å². The lowest BCUT2D eigenvalue weighted by Crippen LogP contribution is -2.56. The van der Waals surface area contributed by atoms with Crippen LogP contribution in [0, 0.1) is 23.7 Å². The lowest BCUT2D eigenvalue weighted by molar-refractivity contribution is -0.158. The number of piperazine rings is 1. The Morgan fingerprint density at radius 2 is 1.72 bits per heavy atom. The maximum absolute atomic E-state index is 13.7. The Morgan fingerprint density at radius 1 is 1.02 bits per heavy atom. The maximum Gasteiger partial charge on any atom is 0.527 e. The number of piperidine rings is 1. The van der Waals surface area contributed by atoms with Crippen molar-refractivity contribution in [2.75, 3.05) is 50.8 Å². The molecule has 3 aliphatic rings. The van der Waals surface area contributed by atoms with Crippen molar-refractivity contribution in [2.24, 2.45) is 23.7 Å². The number of rotatable bonds is 13. The van der Waals surface area contributed by atoms with Crippen LogP contribution in [0.2, 0.25) is 0 Å². The van der Waals surface area contributed by atoms with Gasteiger partial charge >= 0.3 is 12.1 Å². The molecule has 0 spiro atoms. The molecule has 1 aliphatic carbocycles. The van der Waals surface area contributed by atoms with Crippen LogP contribution >= 0.6 is 0 Å². The molecule has 2 aromatic rings. The maximum atomic E-state index is 13.7. The van der Waals surface area contributed by atoms with Gasteiger partial charge in [-0.15, -0.1) is 5.06 Å². The second-order valence-electron chi connectivity index (χ2n) is 12.6. The number of fused-ring (bicyclic) bond motifs is 1. The number of anilines is 1. The summed E-state index contributed by atoms with van der Waals surface area (Å²) in [7, 11) is 0. The summed E-state index contributed by atoms with van der Waals surface area (Å²) in [5.41, 5.74) is 0.943. The Morgan fingerprint density at radius 3 is 2.35 bits per heavy atom. The molecule has 13 heteroatoms. The van der Waals surface area contributed by atoms with Gasteiger partial charge in [-0.3, -0.25) is 14.4 Å². The van der Waals surface area contributed by atoms with Gasteiger partial charge < -0.3 is 29.8 Å². The summed E-state index contributed by atoms with van der Waals surface area (Å²) in [5, 5.41) is 13.5. The molecule has 2 aliphatic heterocycles. The van der Waals surface area contributed by atoms with E-state index in [1.54, 1.807) is 11.0 Å². The third-order valence-electron chi connectivity index (χ3n) is 9.06. The second-order valence-corrected chi connectivity index (χ2v) is 12.6. The van der Waals surface area contributed by atoms with Gasteiger partial charge in [0.1, 0.15) is 17.6 Å². The summed E-state index contributed by atoms with van der Waals surface area (Å²) in [6, 6.07) is 10.3. The standard InChI is InChI=1S/C33H44N6O7/c1-4-5-17-45-33(44)46-39-15-13-37(14-16-39)32(43)29(21(2)3)36-31(42)26-18-27(35-30(34-26)22-9-7-6-8-10-22)38-19-24-23(25(24)20-38)11-12-28(40)41/h6-10,18,21,23-25,29H,4-5,11-17,19-20H2,1-3H3,(H,36,42)(H,40,41)/t23?,24-,25+,29-/m0/s1. The highest BCUT2D eigenvalue weighted by Gasteiger charge is 2.55. The zero-order valence-corrected chi connectivity index (χ0v) is 26.8. The van der Waals surface area contributed by atoms with Gasteiger partial charge in [-0.25, -0.2) is 14.8 Å². The molecule has 2 N–H and O–H groups in total. The third kappa shape index (κ3) is 8.11. The SMILES string of the molecule is CCCCOC(=O)ON1CCN(C(=O)[C@@H](NC(=O)c2cc(N3C[C@@H]4C(CCC(=O)O)[C@@H]4C3)nc(-c3ccccc3)n2)C(C)C)CC1. The van der Waals surface area contributed by atoms with Crippen molar-refractivity contribution in [3.05, 3.63) is 42.1 Å². The number of aliphatic carboxylic acids is 1. The fourth-order valence-electron chi connectivity index (χ4n) is 6.34. The van der Waals surface area contributed by atoms with Gasteiger partial charge in [0.15, 0.2) is 5.82 Å². The lowest BCUT2D eigenvalue weighted by Gasteiger charge is -2.35. The lowest BCUT2D eigenvalue weighted by atomic mass is 10.0. The van der Waals surface area contributed by atoms with Gasteiger partial charge in [-0.1, -0.05) is 57.5 Å². The molecule has 1 aromatic heterocycles. The Labute approximate surface area is 269 Å². The van der Waals surface area contributed by atoms with E-state index < -0.39 is 24.1 Å². The molecule has 1 aromatic carbocycles. The number of carbonyl (C=O) groups is 4. The number of carboxylic acids is 1. The van der Waals surface area contributed by atoms with Crippen molar-refractivity contribution in [1.29, 1.82) is 0 Å². The van der Waals surface area contributed by atoms with E-state index in [4.69, 9.17) is 19.7 Å². The van der Waals surface area contributed by atoms with Crippen LogP contribution in [-0.2, 0) is 19.2 Å². The number of carboxylic acid groups (broad SMARTS) is 1. The number of hydroxylamine groups is 2. The summed E-state index contributed by atoms with van der Waals surface area (Å²) in [5.74, 6) is 0.683. The molecule has 3 heterocycles. The molecule has 248 valence electrons. The molecule has 0 bridgehead atoms. The Bertz CT molecular complexity index is 1390. The molecule has 2 amide bonds. The highest BCUT2D eigenvalue weighted by molar-refractivity contribution is 5.97. The first-order valence-electron chi connectivity index (χ1n) is 16.2. The molecule has 1 saturated carbocycles. The molecule has 1 unspecified atom stereocenters. The number of nitrogens with zero attached hydrogens (tertiary/aromatic N) is 5. The number of aromatic nitrogens is 2. The second kappa shape index (κ2) is 14.9. The summed E-state index contributed by atoms with van der Waals surface area (Å²) in [6.45, 7) is 8.90. The van der Waals surface area contributed by atoms with Crippen molar-refractivity contribution in [1.82, 2.24) is 25.2 Å². The molecule has 0 radical (unpaired) electrons. The van der Waals surface area contributed by atoms with Gasteiger partial charge in [0, 0.05) is 44.2 Å². The molecule has 4 atom stereocenters. The summed E-state index contributed by atoms with van der Waals surface area (Å²) >= 11 is 0. The zero-order valence-electron chi connectivity index (χ0n) is 26.8.